The molecule has 0 N–H and O–H groups in total. The van der Waals surface area contributed by atoms with Crippen molar-refractivity contribution in [1.29, 1.82) is 0 Å². The fourth-order valence-corrected chi connectivity index (χ4v) is 4.80. The summed E-state index contributed by atoms with van der Waals surface area (Å²) in [7, 11) is 1.69. The minimum Gasteiger partial charge on any atom is -0.493 e. The van der Waals surface area contributed by atoms with Crippen molar-refractivity contribution in [2.45, 2.75) is 51.5 Å². The van der Waals surface area contributed by atoms with Crippen LogP contribution in [0.4, 0.5) is 0 Å². The standard InChI is InChI=1S/C27H36N2O2/c1-30-27-25(10-6-16-28-27)20-29-17-14-22(15-18-29)12-13-23-9-5-11-26(19-23)31-21-24-7-3-2-4-8-24/h5-6,9-13,16,19,22,24H,2-4,7-8,14-15,17-18,20-21H2,1H3. The molecule has 0 spiro atoms. The molecule has 0 unspecified atom stereocenters. The van der Waals surface area contributed by atoms with Crippen LogP contribution >= 0.6 is 0 Å². The number of hydrogen-bond acceptors (Lipinski definition) is 4. The average molecular weight is 421 g/mol. The van der Waals surface area contributed by atoms with E-state index < -0.39 is 0 Å². The molecule has 1 saturated heterocycles. The molecule has 0 radical (unpaired) electrons. The van der Waals surface area contributed by atoms with Crippen molar-refractivity contribution in [3.05, 3.63) is 59.8 Å². The van der Waals surface area contributed by atoms with Crippen molar-refractivity contribution in [2.75, 3.05) is 26.8 Å². The first-order valence-corrected chi connectivity index (χ1v) is 11.9. The largest absolute Gasteiger partial charge is 0.493 e. The number of allylic oxidation sites excluding steroid dienone is 1. The van der Waals surface area contributed by atoms with Gasteiger partial charge in [-0.05, 0) is 74.4 Å². The summed E-state index contributed by atoms with van der Waals surface area (Å²) in [5, 5.41) is 0. The summed E-state index contributed by atoms with van der Waals surface area (Å²) in [5.41, 5.74) is 2.41. The van der Waals surface area contributed by atoms with Gasteiger partial charge in [-0.25, -0.2) is 4.98 Å². The molecule has 2 heterocycles. The van der Waals surface area contributed by atoms with Gasteiger partial charge in [0.2, 0.25) is 5.88 Å². The van der Waals surface area contributed by atoms with Crippen molar-refractivity contribution in [3.63, 3.8) is 0 Å². The van der Waals surface area contributed by atoms with E-state index in [2.05, 4.69) is 52.4 Å². The maximum absolute atomic E-state index is 6.11. The Kier molecular flexibility index (Phi) is 8.00. The normalized spacial score (nSPS) is 19.0. The highest BCUT2D eigenvalue weighted by Crippen LogP contribution is 2.26. The number of rotatable bonds is 8. The molecule has 0 bridgehead atoms. The number of aromatic nitrogens is 1. The van der Waals surface area contributed by atoms with Crippen LogP contribution in [-0.4, -0.2) is 36.7 Å². The Balaban J connectivity index is 1.24. The third kappa shape index (κ3) is 6.57. The number of piperidine rings is 1. The Bertz CT molecular complexity index is 837. The van der Waals surface area contributed by atoms with E-state index in [1.807, 2.05) is 6.07 Å². The van der Waals surface area contributed by atoms with E-state index in [4.69, 9.17) is 9.47 Å². The molecule has 2 aromatic rings. The van der Waals surface area contributed by atoms with E-state index in [-0.39, 0.29) is 0 Å². The lowest BCUT2D eigenvalue weighted by atomic mass is 9.90. The predicted molar refractivity (Wildman–Crippen MR) is 126 cm³/mol. The highest BCUT2D eigenvalue weighted by atomic mass is 16.5. The number of methoxy groups -OCH3 is 1. The molecular formula is C27H36N2O2. The Labute approximate surface area is 187 Å². The zero-order valence-electron chi connectivity index (χ0n) is 18.8. The Morgan fingerprint density at radius 3 is 2.68 bits per heavy atom. The maximum Gasteiger partial charge on any atom is 0.217 e. The van der Waals surface area contributed by atoms with Gasteiger partial charge in [0, 0.05) is 18.3 Å². The molecule has 31 heavy (non-hydrogen) atoms. The van der Waals surface area contributed by atoms with Crippen molar-refractivity contribution < 1.29 is 9.47 Å². The van der Waals surface area contributed by atoms with Gasteiger partial charge in [-0.15, -0.1) is 0 Å². The van der Waals surface area contributed by atoms with Crippen LogP contribution in [0.5, 0.6) is 11.6 Å². The summed E-state index contributed by atoms with van der Waals surface area (Å²) in [5.74, 6) is 3.13. The van der Waals surface area contributed by atoms with E-state index in [1.54, 1.807) is 13.3 Å². The molecule has 1 aliphatic heterocycles. The van der Waals surface area contributed by atoms with Crippen LogP contribution in [0.3, 0.4) is 0 Å². The monoisotopic (exact) mass is 420 g/mol. The lowest BCUT2D eigenvalue weighted by Crippen LogP contribution is -2.32. The molecule has 1 aliphatic carbocycles. The van der Waals surface area contributed by atoms with Crippen LogP contribution < -0.4 is 9.47 Å². The van der Waals surface area contributed by atoms with Crippen molar-refractivity contribution in [1.82, 2.24) is 9.88 Å². The van der Waals surface area contributed by atoms with Crippen molar-refractivity contribution >= 4 is 6.08 Å². The predicted octanol–water partition coefficient (Wildman–Crippen LogP) is 5.97. The van der Waals surface area contributed by atoms with Gasteiger partial charge in [0.15, 0.2) is 0 Å². The highest BCUT2D eigenvalue weighted by Gasteiger charge is 2.19. The maximum atomic E-state index is 6.11. The Morgan fingerprint density at radius 2 is 1.87 bits per heavy atom. The smallest absolute Gasteiger partial charge is 0.217 e. The van der Waals surface area contributed by atoms with Gasteiger partial charge < -0.3 is 9.47 Å². The van der Waals surface area contributed by atoms with Crippen LogP contribution in [0.25, 0.3) is 6.08 Å². The number of hydrogen-bond donors (Lipinski definition) is 0. The average Bonchev–Trinajstić information content (AvgIpc) is 2.84. The lowest BCUT2D eigenvalue weighted by molar-refractivity contribution is 0.193. The van der Waals surface area contributed by atoms with Crippen LogP contribution in [0.2, 0.25) is 0 Å². The topological polar surface area (TPSA) is 34.6 Å². The van der Waals surface area contributed by atoms with E-state index in [0.29, 0.717) is 5.92 Å². The number of nitrogens with zero attached hydrogens (tertiary/aromatic N) is 2. The minimum atomic E-state index is 0.638. The molecule has 166 valence electrons. The van der Waals surface area contributed by atoms with Crippen LogP contribution in [0, 0.1) is 11.8 Å². The zero-order chi connectivity index (χ0) is 21.3. The molecule has 4 heteroatoms. The van der Waals surface area contributed by atoms with Crippen molar-refractivity contribution in [2.24, 2.45) is 11.8 Å². The summed E-state index contributed by atoms with van der Waals surface area (Å²) < 4.78 is 11.5. The van der Waals surface area contributed by atoms with Gasteiger partial charge in [-0.2, -0.15) is 0 Å². The number of pyridine rings is 1. The summed E-state index contributed by atoms with van der Waals surface area (Å²) in [6.45, 7) is 4.00. The fraction of sp³-hybridized carbons (Fsp3) is 0.519. The molecule has 0 amide bonds. The molecule has 4 nitrogen and oxygen atoms in total. The second kappa shape index (κ2) is 11.3. The number of ether oxygens (including phenoxy) is 2. The first-order valence-electron chi connectivity index (χ1n) is 11.9. The summed E-state index contributed by atoms with van der Waals surface area (Å²) in [6, 6.07) is 12.7. The zero-order valence-corrected chi connectivity index (χ0v) is 18.8. The van der Waals surface area contributed by atoms with Crippen molar-refractivity contribution in [3.8, 4) is 11.6 Å². The Hall–Kier alpha value is -2.33. The van der Waals surface area contributed by atoms with E-state index in [1.165, 1.54) is 56.1 Å². The molecule has 2 aliphatic rings. The highest BCUT2D eigenvalue weighted by molar-refractivity contribution is 5.52. The first-order chi connectivity index (χ1) is 15.3. The quantitative estimate of drug-likeness (QED) is 0.526. The molecule has 4 rings (SSSR count). The first kappa shape index (κ1) is 21.9. The summed E-state index contributed by atoms with van der Waals surface area (Å²) in [6.07, 6.45) is 15.6. The lowest BCUT2D eigenvalue weighted by Gasteiger charge is -2.30. The number of likely N-dealkylation sites (tertiary alicyclic amines) is 1. The van der Waals surface area contributed by atoms with Crippen LogP contribution in [0.1, 0.15) is 56.1 Å². The van der Waals surface area contributed by atoms with E-state index in [9.17, 15) is 0 Å². The summed E-state index contributed by atoms with van der Waals surface area (Å²) in [4.78, 5) is 6.82. The molecular weight excluding hydrogens is 384 g/mol. The van der Waals surface area contributed by atoms with E-state index >= 15 is 0 Å². The summed E-state index contributed by atoms with van der Waals surface area (Å²) >= 11 is 0. The molecule has 2 fully saturated rings. The Morgan fingerprint density at radius 1 is 1.03 bits per heavy atom. The second-order valence-electron chi connectivity index (χ2n) is 9.03. The van der Waals surface area contributed by atoms with Gasteiger partial charge in [0.25, 0.3) is 0 Å². The fourth-order valence-electron chi connectivity index (χ4n) is 4.80. The van der Waals surface area contributed by atoms with Gasteiger partial charge in [0.05, 0.1) is 13.7 Å². The van der Waals surface area contributed by atoms with Gasteiger partial charge in [-0.1, -0.05) is 49.6 Å². The third-order valence-electron chi connectivity index (χ3n) is 6.70. The van der Waals surface area contributed by atoms with Crippen LogP contribution in [-0.2, 0) is 6.54 Å². The minimum absolute atomic E-state index is 0.638. The van der Waals surface area contributed by atoms with E-state index in [0.717, 1.165) is 43.8 Å². The molecule has 1 aromatic heterocycles. The third-order valence-corrected chi connectivity index (χ3v) is 6.70. The molecule has 1 saturated carbocycles. The molecule has 1 aromatic carbocycles. The van der Waals surface area contributed by atoms with Gasteiger partial charge in [0.1, 0.15) is 5.75 Å². The van der Waals surface area contributed by atoms with Gasteiger partial charge >= 0.3 is 0 Å². The number of benzene rings is 1. The van der Waals surface area contributed by atoms with Crippen LogP contribution in [0.15, 0.2) is 48.7 Å². The van der Waals surface area contributed by atoms with Gasteiger partial charge in [-0.3, -0.25) is 4.90 Å². The second-order valence-corrected chi connectivity index (χ2v) is 9.03. The molecule has 0 atom stereocenters. The SMILES string of the molecule is COc1ncccc1CN1CCC(C=Cc2cccc(OCC3CCCCC3)c2)CC1.